The number of aliphatic hydroxyl groups is 1. The third-order valence-corrected chi connectivity index (χ3v) is 18.9. The molecule has 4 aromatic carbocycles. The van der Waals surface area contributed by atoms with E-state index in [1.165, 1.54) is 20.7 Å². The van der Waals surface area contributed by atoms with Crippen LogP contribution in [-0.4, -0.2) is 56.6 Å². The second-order valence-corrected chi connectivity index (χ2v) is 24.1. The fraction of sp³-hybridized carbons (Fsp3) is 0.368. The van der Waals surface area contributed by atoms with Gasteiger partial charge in [-0.3, -0.25) is 0 Å². The van der Waals surface area contributed by atoms with Crippen molar-refractivity contribution in [3.8, 4) is 0 Å². The normalized spacial score (nSPS) is 12.0. The van der Waals surface area contributed by atoms with Crippen molar-refractivity contribution in [1.82, 2.24) is 0 Å². The molecule has 1 N–H and O–H groups in total. The molecule has 0 unspecified atom stereocenters. The van der Waals surface area contributed by atoms with Crippen LogP contribution in [0.5, 0.6) is 0 Å². The highest BCUT2D eigenvalue weighted by Crippen LogP contribution is 2.37. The standard InChI is InChI=1S/C18H23BrOSi.C18H23IOSi.C2H5BrO/c2*1-18(2,3)21(20-15-14-19,16-10-6-4-7-11-16)17-12-8-5-9-13-17;3-1-2-4/h2*4-13H,14-15H2,1-3H3;4H,1-2H2. The fourth-order valence-corrected chi connectivity index (χ4v) is 16.1. The minimum atomic E-state index is -2.30. The Morgan fingerprint density at radius 2 is 0.783 bits per heavy atom. The maximum absolute atomic E-state index is 7.83. The van der Waals surface area contributed by atoms with Gasteiger partial charge in [-0.1, -0.05) is 217 Å². The lowest BCUT2D eigenvalue weighted by Gasteiger charge is -2.43. The molecule has 3 nitrogen and oxygen atoms in total. The van der Waals surface area contributed by atoms with Crippen LogP contribution in [0.1, 0.15) is 41.5 Å². The molecule has 0 spiro atoms. The van der Waals surface area contributed by atoms with E-state index in [0.29, 0.717) is 5.33 Å². The van der Waals surface area contributed by atoms with Crippen LogP contribution in [0.2, 0.25) is 10.1 Å². The van der Waals surface area contributed by atoms with Gasteiger partial charge in [-0.15, -0.1) is 0 Å². The predicted molar refractivity (Wildman–Crippen MR) is 221 cm³/mol. The first-order chi connectivity index (χ1) is 22.0. The molecular formula is C38H51Br2IO3Si2. The number of hydrogen-bond donors (Lipinski definition) is 1. The Balaban J connectivity index is 0.000000287. The minimum Gasteiger partial charge on any atom is -0.407 e. The van der Waals surface area contributed by atoms with Crippen molar-refractivity contribution in [2.45, 2.75) is 51.6 Å². The molecule has 4 rings (SSSR count). The third-order valence-electron chi connectivity index (χ3n) is 7.71. The molecule has 0 fully saturated rings. The zero-order valence-electron chi connectivity index (χ0n) is 28.2. The van der Waals surface area contributed by atoms with Crippen LogP contribution in [0.25, 0.3) is 0 Å². The number of alkyl halides is 3. The molecule has 0 saturated heterocycles. The van der Waals surface area contributed by atoms with E-state index < -0.39 is 16.6 Å². The fourth-order valence-electron chi connectivity index (χ4n) is 5.91. The van der Waals surface area contributed by atoms with Gasteiger partial charge in [0.15, 0.2) is 0 Å². The van der Waals surface area contributed by atoms with E-state index in [4.69, 9.17) is 14.0 Å². The van der Waals surface area contributed by atoms with E-state index >= 15 is 0 Å². The van der Waals surface area contributed by atoms with Crippen LogP contribution in [0.15, 0.2) is 121 Å². The first kappa shape index (κ1) is 41.1. The van der Waals surface area contributed by atoms with E-state index in [0.717, 1.165) is 23.0 Å². The summed E-state index contributed by atoms with van der Waals surface area (Å²) >= 11 is 8.90. The lowest BCUT2D eigenvalue weighted by Crippen LogP contribution is -2.66. The Bertz CT molecular complexity index is 1170. The predicted octanol–water partition coefficient (Wildman–Crippen LogP) is 8.33. The van der Waals surface area contributed by atoms with Crippen molar-refractivity contribution in [1.29, 1.82) is 0 Å². The number of aliphatic hydroxyl groups excluding tert-OH is 1. The molecule has 8 heteroatoms. The summed E-state index contributed by atoms with van der Waals surface area (Å²) in [6.45, 7) is 15.6. The Kier molecular flexibility index (Phi) is 18.2. The van der Waals surface area contributed by atoms with Gasteiger partial charge in [0.05, 0.1) is 6.61 Å². The SMILES string of the molecule is CC(C)(C)[Si](OCCBr)(c1ccccc1)c1ccccc1.CC(C)(C)[Si](OCCI)(c1ccccc1)c1ccccc1.OCCBr. The van der Waals surface area contributed by atoms with Gasteiger partial charge in [-0.05, 0) is 30.8 Å². The summed E-state index contributed by atoms with van der Waals surface area (Å²) < 4.78 is 14.3. The zero-order valence-corrected chi connectivity index (χ0v) is 35.5. The van der Waals surface area contributed by atoms with Gasteiger partial charge in [0.2, 0.25) is 0 Å². The first-order valence-corrected chi connectivity index (χ1v) is 23.3. The van der Waals surface area contributed by atoms with Crippen LogP contribution >= 0.6 is 54.5 Å². The molecule has 46 heavy (non-hydrogen) atoms. The minimum absolute atomic E-state index is 0.0673. The van der Waals surface area contributed by atoms with Gasteiger partial charge in [0, 0.05) is 28.3 Å². The molecule has 0 aliphatic carbocycles. The Labute approximate surface area is 311 Å². The van der Waals surface area contributed by atoms with Gasteiger partial charge in [0.1, 0.15) is 0 Å². The van der Waals surface area contributed by atoms with Gasteiger partial charge < -0.3 is 14.0 Å². The Hall–Kier alpha value is -1.12. The summed E-state index contributed by atoms with van der Waals surface area (Å²) in [6, 6.07) is 43.1. The summed E-state index contributed by atoms with van der Waals surface area (Å²) in [5.74, 6) is 0. The molecule has 0 aliphatic heterocycles. The van der Waals surface area contributed by atoms with E-state index in [1.807, 2.05) is 0 Å². The first-order valence-electron chi connectivity index (χ1n) is 15.7. The van der Waals surface area contributed by atoms with Gasteiger partial charge in [0.25, 0.3) is 16.6 Å². The van der Waals surface area contributed by atoms with E-state index in [2.05, 4.69) is 217 Å². The Morgan fingerprint density at radius 1 is 0.522 bits per heavy atom. The zero-order chi connectivity index (χ0) is 34.1. The number of halogens is 3. The van der Waals surface area contributed by atoms with E-state index in [1.54, 1.807) is 0 Å². The van der Waals surface area contributed by atoms with Crippen molar-refractivity contribution in [2.75, 3.05) is 34.9 Å². The second-order valence-electron chi connectivity index (χ2n) is 12.8. The quantitative estimate of drug-likeness (QED) is 0.0936. The smallest absolute Gasteiger partial charge is 0.261 e. The second kappa shape index (κ2) is 20.4. The van der Waals surface area contributed by atoms with Gasteiger partial charge >= 0.3 is 0 Å². The van der Waals surface area contributed by atoms with Crippen molar-refractivity contribution in [3.05, 3.63) is 121 Å². The molecule has 0 saturated carbocycles. The third kappa shape index (κ3) is 10.7. The summed E-state index contributed by atoms with van der Waals surface area (Å²) in [7, 11) is -4.58. The molecule has 0 aliphatic rings. The lowest BCUT2D eigenvalue weighted by atomic mass is 10.2. The molecule has 0 aromatic heterocycles. The highest BCUT2D eigenvalue weighted by Gasteiger charge is 2.51. The molecular weight excluding hydrogens is 847 g/mol. The maximum Gasteiger partial charge on any atom is 0.261 e. The number of benzene rings is 4. The van der Waals surface area contributed by atoms with Gasteiger partial charge in [-0.2, -0.15) is 0 Å². The Morgan fingerprint density at radius 3 is 0.978 bits per heavy atom. The summed E-state index contributed by atoms with van der Waals surface area (Å²) in [5.41, 5.74) is 0. The van der Waals surface area contributed by atoms with Crippen molar-refractivity contribution >= 4 is 91.8 Å². The van der Waals surface area contributed by atoms with Crippen molar-refractivity contribution in [2.24, 2.45) is 0 Å². The maximum atomic E-state index is 7.83. The molecule has 4 aromatic rings. The highest BCUT2D eigenvalue weighted by molar-refractivity contribution is 14.1. The van der Waals surface area contributed by atoms with Crippen LogP contribution in [0, 0.1) is 0 Å². The van der Waals surface area contributed by atoms with Crippen LogP contribution in [0.4, 0.5) is 0 Å². The molecule has 250 valence electrons. The topological polar surface area (TPSA) is 38.7 Å². The van der Waals surface area contributed by atoms with Crippen molar-refractivity contribution in [3.63, 3.8) is 0 Å². The summed E-state index contributed by atoms with van der Waals surface area (Å²) in [5, 5.41) is 14.9. The lowest BCUT2D eigenvalue weighted by molar-refractivity contribution is 0.323. The van der Waals surface area contributed by atoms with Crippen molar-refractivity contribution < 1.29 is 14.0 Å². The molecule has 0 atom stereocenters. The molecule has 0 bridgehead atoms. The largest absolute Gasteiger partial charge is 0.407 e. The summed E-state index contributed by atoms with van der Waals surface area (Å²) in [6.07, 6.45) is 0. The van der Waals surface area contributed by atoms with Crippen LogP contribution in [0.3, 0.4) is 0 Å². The van der Waals surface area contributed by atoms with Crippen LogP contribution < -0.4 is 20.7 Å². The van der Waals surface area contributed by atoms with Gasteiger partial charge in [-0.25, -0.2) is 0 Å². The highest BCUT2D eigenvalue weighted by atomic mass is 127. The molecule has 0 radical (unpaired) electrons. The monoisotopic (exact) mass is 896 g/mol. The average Bonchev–Trinajstić information content (AvgIpc) is 3.07. The summed E-state index contributed by atoms with van der Waals surface area (Å²) in [4.78, 5) is 0. The molecule has 0 heterocycles. The van der Waals surface area contributed by atoms with E-state index in [9.17, 15) is 0 Å². The average molecular weight is 899 g/mol. The number of rotatable bonds is 11. The van der Waals surface area contributed by atoms with E-state index in [-0.39, 0.29) is 16.7 Å². The molecule has 0 amide bonds. The number of hydrogen-bond acceptors (Lipinski definition) is 3. The van der Waals surface area contributed by atoms with Crippen LogP contribution in [-0.2, 0) is 8.85 Å².